The smallest absolute Gasteiger partial charge is 0.274 e. The second-order valence-electron chi connectivity index (χ2n) is 6.75. The standard InChI is InChI=1S/C19H21N7OS/c1-25-7-9-26(10-8-25)19(27)16-13-5-4-12(11-15(13)28-24-16)23-18(21)17-14(20)3-2-6-22-17/h2-6,11H,7-10,20H2,1H3,(H2,21,23). The molecule has 1 amide bonds. The van der Waals surface area contributed by atoms with Crippen LogP contribution in [-0.2, 0) is 0 Å². The molecular weight excluding hydrogens is 374 g/mol. The zero-order valence-electron chi connectivity index (χ0n) is 15.5. The topological polar surface area (TPSA) is 114 Å². The lowest BCUT2D eigenvalue weighted by Gasteiger charge is -2.32. The van der Waals surface area contributed by atoms with Crippen molar-refractivity contribution in [3.8, 4) is 0 Å². The number of hydrogen-bond acceptors (Lipinski definition) is 7. The maximum absolute atomic E-state index is 12.8. The van der Waals surface area contributed by atoms with Crippen LogP contribution in [0.25, 0.3) is 10.1 Å². The van der Waals surface area contributed by atoms with Crippen LogP contribution in [0.15, 0.2) is 41.5 Å². The highest BCUT2D eigenvalue weighted by atomic mass is 32.1. The highest BCUT2D eigenvalue weighted by molar-refractivity contribution is 7.13. The zero-order valence-corrected chi connectivity index (χ0v) is 16.3. The number of aliphatic imine (C=N–C) groups is 1. The highest BCUT2D eigenvalue weighted by Crippen LogP contribution is 2.28. The Morgan fingerprint density at radius 3 is 2.71 bits per heavy atom. The Morgan fingerprint density at radius 2 is 1.96 bits per heavy atom. The van der Waals surface area contributed by atoms with Crippen LogP contribution < -0.4 is 11.5 Å². The van der Waals surface area contributed by atoms with Crippen molar-refractivity contribution in [2.45, 2.75) is 0 Å². The van der Waals surface area contributed by atoms with Crippen LogP contribution in [0, 0.1) is 0 Å². The average molecular weight is 395 g/mol. The second-order valence-corrected chi connectivity index (χ2v) is 7.55. The van der Waals surface area contributed by atoms with E-state index in [1.165, 1.54) is 11.5 Å². The molecule has 0 saturated carbocycles. The van der Waals surface area contributed by atoms with Crippen LogP contribution in [0.1, 0.15) is 16.2 Å². The first kappa shape index (κ1) is 18.3. The van der Waals surface area contributed by atoms with E-state index in [-0.39, 0.29) is 11.7 Å². The zero-order chi connectivity index (χ0) is 19.7. The van der Waals surface area contributed by atoms with Crippen molar-refractivity contribution in [2.24, 2.45) is 10.7 Å². The fraction of sp³-hybridized carbons (Fsp3) is 0.263. The Hall–Kier alpha value is -3.04. The van der Waals surface area contributed by atoms with Gasteiger partial charge in [-0.1, -0.05) is 0 Å². The van der Waals surface area contributed by atoms with E-state index >= 15 is 0 Å². The lowest BCUT2D eigenvalue weighted by atomic mass is 10.1. The van der Waals surface area contributed by atoms with Gasteiger partial charge in [-0.3, -0.25) is 9.78 Å². The molecule has 0 radical (unpaired) electrons. The number of nitrogen functional groups attached to an aromatic ring is 1. The third-order valence-corrected chi connectivity index (χ3v) is 5.59. The molecular formula is C19H21N7OS. The minimum absolute atomic E-state index is 0.0172. The largest absolute Gasteiger partial charge is 0.397 e. The molecule has 1 aliphatic heterocycles. The lowest BCUT2D eigenvalue weighted by molar-refractivity contribution is 0.0661. The molecule has 144 valence electrons. The van der Waals surface area contributed by atoms with E-state index in [0.717, 1.165) is 36.3 Å². The Bertz CT molecular complexity index is 1050. The fourth-order valence-corrected chi connectivity index (χ4v) is 3.94. The maximum atomic E-state index is 12.8. The Kier molecular flexibility index (Phi) is 4.93. The fourth-order valence-electron chi connectivity index (χ4n) is 3.13. The van der Waals surface area contributed by atoms with E-state index in [9.17, 15) is 4.79 Å². The summed E-state index contributed by atoms with van der Waals surface area (Å²) in [6.07, 6.45) is 1.62. The molecule has 1 fully saturated rings. The SMILES string of the molecule is CN1CCN(C(=O)c2nsc3cc(N=C(N)c4ncccc4N)ccc23)CC1. The van der Waals surface area contributed by atoms with Gasteiger partial charge in [0.05, 0.1) is 16.1 Å². The van der Waals surface area contributed by atoms with Gasteiger partial charge in [0.15, 0.2) is 5.84 Å². The minimum atomic E-state index is -0.0172. The van der Waals surface area contributed by atoms with Crippen molar-refractivity contribution >= 4 is 44.7 Å². The molecule has 0 unspecified atom stereocenters. The van der Waals surface area contributed by atoms with E-state index < -0.39 is 0 Å². The summed E-state index contributed by atoms with van der Waals surface area (Å²) in [5, 5.41) is 0.837. The van der Waals surface area contributed by atoms with Crippen LogP contribution in [0.3, 0.4) is 0 Å². The van der Waals surface area contributed by atoms with Gasteiger partial charge in [-0.25, -0.2) is 4.99 Å². The van der Waals surface area contributed by atoms with E-state index in [1.54, 1.807) is 18.3 Å². The number of nitrogens with two attached hydrogens (primary N) is 2. The number of benzene rings is 1. The molecule has 4 rings (SSSR count). The maximum Gasteiger partial charge on any atom is 0.274 e. The molecule has 8 nitrogen and oxygen atoms in total. The van der Waals surface area contributed by atoms with Gasteiger partial charge >= 0.3 is 0 Å². The van der Waals surface area contributed by atoms with Crippen LogP contribution in [-0.4, -0.2) is 64.1 Å². The number of pyridine rings is 1. The van der Waals surface area contributed by atoms with Crippen LogP contribution in [0.5, 0.6) is 0 Å². The summed E-state index contributed by atoms with van der Waals surface area (Å²) in [6.45, 7) is 3.20. The summed E-state index contributed by atoms with van der Waals surface area (Å²) < 4.78 is 5.30. The van der Waals surface area contributed by atoms with Gasteiger partial charge in [0.2, 0.25) is 0 Å². The molecule has 0 aliphatic carbocycles. The molecule has 0 atom stereocenters. The second kappa shape index (κ2) is 7.53. The van der Waals surface area contributed by atoms with Crippen molar-refractivity contribution in [1.82, 2.24) is 19.2 Å². The summed E-state index contributed by atoms with van der Waals surface area (Å²) in [4.78, 5) is 25.5. The molecule has 2 aromatic heterocycles. The van der Waals surface area contributed by atoms with Crippen molar-refractivity contribution < 1.29 is 4.79 Å². The number of amidine groups is 1. The Labute approximate surface area is 166 Å². The highest BCUT2D eigenvalue weighted by Gasteiger charge is 2.24. The van der Waals surface area contributed by atoms with Gasteiger partial charge in [0, 0.05) is 37.8 Å². The monoisotopic (exact) mass is 395 g/mol. The molecule has 3 heterocycles. The van der Waals surface area contributed by atoms with Crippen LogP contribution in [0.4, 0.5) is 11.4 Å². The number of nitrogens with zero attached hydrogens (tertiary/aromatic N) is 5. The first-order valence-electron chi connectivity index (χ1n) is 8.95. The number of carbonyl (C=O) groups excluding carboxylic acids is 1. The molecule has 0 spiro atoms. The Balaban J connectivity index is 1.60. The summed E-state index contributed by atoms with van der Waals surface area (Å²) in [7, 11) is 2.06. The van der Waals surface area contributed by atoms with Crippen LogP contribution >= 0.6 is 11.5 Å². The van der Waals surface area contributed by atoms with E-state index in [1.807, 2.05) is 23.1 Å². The van der Waals surface area contributed by atoms with Crippen molar-refractivity contribution in [2.75, 3.05) is 39.0 Å². The number of amides is 1. The molecule has 4 N–H and O–H groups in total. The number of likely N-dealkylation sites (N-methyl/N-ethyl adjacent to an activating group) is 1. The first-order chi connectivity index (χ1) is 13.5. The number of piperazine rings is 1. The molecule has 3 aromatic rings. The van der Waals surface area contributed by atoms with Crippen molar-refractivity contribution in [1.29, 1.82) is 0 Å². The molecule has 1 aliphatic rings. The number of rotatable bonds is 3. The Morgan fingerprint density at radius 1 is 1.18 bits per heavy atom. The van der Waals surface area contributed by atoms with Crippen molar-refractivity contribution in [3.63, 3.8) is 0 Å². The predicted octanol–water partition coefficient (Wildman–Crippen LogP) is 1.70. The van der Waals surface area contributed by atoms with Gasteiger partial charge in [0.25, 0.3) is 5.91 Å². The quantitative estimate of drug-likeness (QED) is 0.515. The minimum Gasteiger partial charge on any atom is -0.397 e. The molecule has 1 saturated heterocycles. The van der Waals surface area contributed by atoms with Gasteiger partial charge in [0.1, 0.15) is 11.4 Å². The number of anilines is 1. The third-order valence-electron chi connectivity index (χ3n) is 4.78. The number of carbonyl (C=O) groups is 1. The van der Waals surface area contributed by atoms with E-state index in [2.05, 4.69) is 26.3 Å². The number of aromatic nitrogens is 2. The summed E-state index contributed by atoms with van der Waals surface area (Å²) in [5.41, 5.74) is 14.1. The van der Waals surface area contributed by atoms with Crippen molar-refractivity contribution in [3.05, 3.63) is 47.9 Å². The normalized spacial score (nSPS) is 15.9. The summed E-state index contributed by atoms with van der Waals surface area (Å²) >= 11 is 1.29. The van der Waals surface area contributed by atoms with E-state index in [4.69, 9.17) is 11.5 Å². The van der Waals surface area contributed by atoms with Gasteiger partial charge < -0.3 is 21.3 Å². The third kappa shape index (κ3) is 3.54. The number of hydrogen-bond donors (Lipinski definition) is 2. The first-order valence-corrected chi connectivity index (χ1v) is 9.72. The molecule has 1 aromatic carbocycles. The molecule has 28 heavy (non-hydrogen) atoms. The van der Waals surface area contributed by atoms with Gasteiger partial charge in [-0.05, 0) is 48.9 Å². The van der Waals surface area contributed by atoms with Gasteiger partial charge in [-0.15, -0.1) is 0 Å². The number of fused-ring (bicyclic) bond motifs is 1. The average Bonchev–Trinajstić information content (AvgIpc) is 3.11. The molecule has 9 heteroatoms. The van der Waals surface area contributed by atoms with E-state index in [0.29, 0.717) is 22.8 Å². The lowest BCUT2D eigenvalue weighted by Crippen LogP contribution is -2.47. The van der Waals surface area contributed by atoms with Gasteiger partial charge in [-0.2, -0.15) is 4.37 Å². The summed E-state index contributed by atoms with van der Waals surface area (Å²) in [5.74, 6) is 0.229. The summed E-state index contributed by atoms with van der Waals surface area (Å²) in [6, 6.07) is 9.04. The molecule has 0 bridgehead atoms. The predicted molar refractivity (Wildman–Crippen MR) is 112 cm³/mol. The van der Waals surface area contributed by atoms with Crippen LogP contribution in [0.2, 0.25) is 0 Å².